The zero-order valence-electron chi connectivity index (χ0n) is 12.3. The predicted molar refractivity (Wildman–Crippen MR) is 89.9 cm³/mol. The molecule has 1 aliphatic heterocycles. The lowest BCUT2D eigenvalue weighted by atomic mass is 9.93. The van der Waals surface area contributed by atoms with Crippen molar-refractivity contribution in [1.82, 2.24) is 0 Å². The van der Waals surface area contributed by atoms with Crippen LogP contribution in [-0.4, -0.2) is 12.5 Å². The molecule has 0 bridgehead atoms. The standard InChI is InChI=1S/C18H18BrNO/c1-12-9-14-5-3-4-6-17(14)20(11-12)18(21)16-10-15(19)8-7-13(16)2/h3-8,10,12H,9,11H2,1-2H3. The van der Waals surface area contributed by atoms with Gasteiger partial charge in [0.15, 0.2) is 0 Å². The third kappa shape index (κ3) is 2.75. The average Bonchev–Trinajstić information content (AvgIpc) is 2.48. The van der Waals surface area contributed by atoms with Crippen molar-refractivity contribution in [2.45, 2.75) is 20.3 Å². The summed E-state index contributed by atoms with van der Waals surface area (Å²) in [7, 11) is 0. The molecule has 0 aliphatic carbocycles. The summed E-state index contributed by atoms with van der Waals surface area (Å²) >= 11 is 3.46. The van der Waals surface area contributed by atoms with Crippen LogP contribution < -0.4 is 4.90 Å². The van der Waals surface area contributed by atoms with Crippen LogP contribution in [0.3, 0.4) is 0 Å². The van der Waals surface area contributed by atoms with Crippen LogP contribution in [0.25, 0.3) is 0 Å². The summed E-state index contributed by atoms with van der Waals surface area (Å²) in [4.78, 5) is 14.9. The topological polar surface area (TPSA) is 20.3 Å². The van der Waals surface area contributed by atoms with Crippen molar-refractivity contribution >= 4 is 27.5 Å². The molecule has 0 saturated heterocycles. The SMILES string of the molecule is Cc1ccc(Br)cc1C(=O)N1CC(C)Cc2ccccc21. The molecule has 1 aliphatic rings. The number of amides is 1. The summed E-state index contributed by atoms with van der Waals surface area (Å²) in [5, 5.41) is 0. The number of hydrogen-bond donors (Lipinski definition) is 0. The van der Waals surface area contributed by atoms with Crippen molar-refractivity contribution in [2.75, 3.05) is 11.4 Å². The van der Waals surface area contributed by atoms with Crippen LogP contribution in [0, 0.1) is 12.8 Å². The van der Waals surface area contributed by atoms with Gasteiger partial charge in [-0.15, -0.1) is 0 Å². The van der Waals surface area contributed by atoms with Gasteiger partial charge < -0.3 is 4.90 Å². The molecule has 0 aromatic heterocycles. The van der Waals surface area contributed by atoms with Gasteiger partial charge in [0, 0.05) is 22.3 Å². The molecule has 0 saturated carbocycles. The van der Waals surface area contributed by atoms with E-state index >= 15 is 0 Å². The lowest BCUT2D eigenvalue weighted by molar-refractivity contribution is 0.0980. The lowest BCUT2D eigenvalue weighted by Crippen LogP contribution is -2.39. The summed E-state index contributed by atoms with van der Waals surface area (Å²) in [5.41, 5.74) is 4.10. The molecule has 1 amide bonds. The van der Waals surface area contributed by atoms with E-state index in [4.69, 9.17) is 0 Å². The van der Waals surface area contributed by atoms with Gasteiger partial charge in [-0.05, 0) is 48.6 Å². The van der Waals surface area contributed by atoms with Gasteiger partial charge in [0.1, 0.15) is 0 Å². The molecule has 2 aromatic rings. The third-order valence-electron chi connectivity index (χ3n) is 4.02. The molecule has 0 radical (unpaired) electrons. The van der Waals surface area contributed by atoms with Crippen LogP contribution >= 0.6 is 15.9 Å². The maximum Gasteiger partial charge on any atom is 0.258 e. The van der Waals surface area contributed by atoms with Crippen molar-refractivity contribution < 1.29 is 4.79 Å². The largest absolute Gasteiger partial charge is 0.308 e. The molecule has 1 unspecified atom stereocenters. The van der Waals surface area contributed by atoms with Crippen LogP contribution in [0.1, 0.15) is 28.4 Å². The molecule has 1 atom stereocenters. The Kier molecular flexibility index (Phi) is 3.85. The first-order chi connectivity index (χ1) is 10.1. The summed E-state index contributed by atoms with van der Waals surface area (Å²) in [6, 6.07) is 14.1. The second-order valence-electron chi connectivity index (χ2n) is 5.81. The van der Waals surface area contributed by atoms with Crippen LogP contribution in [0.5, 0.6) is 0 Å². The number of fused-ring (bicyclic) bond motifs is 1. The number of anilines is 1. The maximum absolute atomic E-state index is 13.0. The lowest BCUT2D eigenvalue weighted by Gasteiger charge is -2.33. The molecule has 2 aromatic carbocycles. The minimum Gasteiger partial charge on any atom is -0.308 e. The zero-order valence-corrected chi connectivity index (χ0v) is 13.9. The van der Waals surface area contributed by atoms with E-state index in [1.807, 2.05) is 48.2 Å². The quantitative estimate of drug-likeness (QED) is 0.741. The molecule has 1 heterocycles. The van der Waals surface area contributed by atoms with Crippen LogP contribution in [-0.2, 0) is 6.42 Å². The van der Waals surface area contributed by atoms with E-state index in [2.05, 4.69) is 28.9 Å². The van der Waals surface area contributed by atoms with Gasteiger partial charge in [0.05, 0.1) is 0 Å². The zero-order chi connectivity index (χ0) is 15.0. The maximum atomic E-state index is 13.0. The van der Waals surface area contributed by atoms with Crippen LogP contribution in [0.15, 0.2) is 46.9 Å². The molecule has 108 valence electrons. The minimum atomic E-state index is 0.0906. The van der Waals surface area contributed by atoms with E-state index in [0.717, 1.165) is 34.3 Å². The van der Waals surface area contributed by atoms with Gasteiger partial charge in [0.2, 0.25) is 0 Å². The number of nitrogens with zero attached hydrogens (tertiary/aromatic N) is 1. The highest BCUT2D eigenvalue weighted by molar-refractivity contribution is 9.10. The minimum absolute atomic E-state index is 0.0906. The van der Waals surface area contributed by atoms with E-state index in [9.17, 15) is 4.79 Å². The number of halogens is 1. The Morgan fingerprint density at radius 1 is 1.24 bits per heavy atom. The van der Waals surface area contributed by atoms with Gasteiger partial charge in [-0.1, -0.05) is 47.1 Å². The fourth-order valence-electron chi connectivity index (χ4n) is 2.96. The highest BCUT2D eigenvalue weighted by Crippen LogP contribution is 2.31. The van der Waals surface area contributed by atoms with Gasteiger partial charge >= 0.3 is 0 Å². The Bertz CT molecular complexity index is 695. The number of aryl methyl sites for hydroxylation is 1. The van der Waals surface area contributed by atoms with Crippen molar-refractivity contribution in [3.05, 3.63) is 63.6 Å². The average molecular weight is 344 g/mol. The number of rotatable bonds is 1. The highest BCUT2D eigenvalue weighted by Gasteiger charge is 2.27. The third-order valence-corrected chi connectivity index (χ3v) is 4.51. The van der Waals surface area contributed by atoms with Crippen molar-refractivity contribution in [3.8, 4) is 0 Å². The molecule has 0 N–H and O–H groups in total. The molecule has 0 spiro atoms. The van der Waals surface area contributed by atoms with E-state index in [-0.39, 0.29) is 5.91 Å². The molecule has 3 heteroatoms. The first-order valence-electron chi connectivity index (χ1n) is 7.22. The van der Waals surface area contributed by atoms with Gasteiger partial charge in [0.25, 0.3) is 5.91 Å². The van der Waals surface area contributed by atoms with Crippen LogP contribution in [0.2, 0.25) is 0 Å². The fraction of sp³-hybridized carbons (Fsp3) is 0.278. The number of hydrogen-bond acceptors (Lipinski definition) is 1. The summed E-state index contributed by atoms with van der Waals surface area (Å²) in [6.45, 7) is 4.96. The van der Waals surface area contributed by atoms with Crippen molar-refractivity contribution in [3.63, 3.8) is 0 Å². The Labute approximate surface area is 133 Å². The number of para-hydroxylation sites is 1. The van der Waals surface area contributed by atoms with Gasteiger partial charge in [-0.3, -0.25) is 4.79 Å². The Hall–Kier alpha value is -1.61. The van der Waals surface area contributed by atoms with E-state index < -0.39 is 0 Å². The molecule has 3 rings (SSSR count). The van der Waals surface area contributed by atoms with Gasteiger partial charge in [-0.2, -0.15) is 0 Å². The second kappa shape index (κ2) is 5.64. The smallest absolute Gasteiger partial charge is 0.258 e. The molecule has 21 heavy (non-hydrogen) atoms. The van der Waals surface area contributed by atoms with E-state index in [0.29, 0.717) is 5.92 Å². The Balaban J connectivity index is 2.04. The first-order valence-corrected chi connectivity index (χ1v) is 8.01. The monoisotopic (exact) mass is 343 g/mol. The van der Waals surface area contributed by atoms with Crippen molar-refractivity contribution in [1.29, 1.82) is 0 Å². The molecular weight excluding hydrogens is 326 g/mol. The molecule has 0 fully saturated rings. The summed E-state index contributed by atoms with van der Waals surface area (Å²) in [5.74, 6) is 0.573. The number of benzene rings is 2. The van der Waals surface area contributed by atoms with Crippen LogP contribution in [0.4, 0.5) is 5.69 Å². The highest BCUT2D eigenvalue weighted by atomic mass is 79.9. The fourth-order valence-corrected chi connectivity index (χ4v) is 3.32. The molecule has 2 nitrogen and oxygen atoms in total. The number of carbonyl (C=O) groups is 1. The first kappa shape index (κ1) is 14.3. The second-order valence-corrected chi connectivity index (χ2v) is 6.73. The van der Waals surface area contributed by atoms with E-state index in [1.165, 1.54) is 5.56 Å². The summed E-state index contributed by atoms with van der Waals surface area (Å²) in [6.07, 6.45) is 1.04. The van der Waals surface area contributed by atoms with Crippen molar-refractivity contribution in [2.24, 2.45) is 5.92 Å². The predicted octanol–water partition coefficient (Wildman–Crippen LogP) is 4.60. The summed E-state index contributed by atoms with van der Waals surface area (Å²) < 4.78 is 0.940. The normalized spacial score (nSPS) is 17.5. The number of carbonyl (C=O) groups excluding carboxylic acids is 1. The Morgan fingerprint density at radius 3 is 2.81 bits per heavy atom. The van der Waals surface area contributed by atoms with Gasteiger partial charge in [-0.25, -0.2) is 0 Å². The molecular formula is C18H18BrNO. The van der Waals surface area contributed by atoms with E-state index in [1.54, 1.807) is 0 Å². The Morgan fingerprint density at radius 2 is 2.00 bits per heavy atom.